The lowest BCUT2D eigenvalue weighted by atomic mass is 9.97. The summed E-state index contributed by atoms with van der Waals surface area (Å²) in [5, 5.41) is 8.71. The third-order valence-corrected chi connectivity index (χ3v) is 4.28. The zero-order chi connectivity index (χ0) is 10.7. The highest BCUT2D eigenvalue weighted by atomic mass is 32.2. The smallest absolute Gasteiger partial charge is 0.410 e. The van der Waals surface area contributed by atoms with Gasteiger partial charge in [0.2, 0.25) is 0 Å². The van der Waals surface area contributed by atoms with Crippen molar-refractivity contribution < 1.29 is 14.6 Å². The van der Waals surface area contributed by atoms with Gasteiger partial charge in [-0.2, -0.15) is 11.8 Å². The number of rotatable bonds is 3. The van der Waals surface area contributed by atoms with E-state index in [1.165, 1.54) is 0 Å². The number of hydrogen-bond donors (Lipinski definition) is 1. The van der Waals surface area contributed by atoms with Crippen LogP contribution >= 0.6 is 11.8 Å². The predicted molar refractivity (Wildman–Crippen MR) is 59.0 cm³/mol. The molecule has 2 rings (SSSR count). The number of nitrogens with zero attached hydrogens (tertiary/aromatic N) is 1. The Balaban J connectivity index is 1.88. The maximum absolute atomic E-state index is 11.7. The van der Waals surface area contributed by atoms with Crippen LogP contribution < -0.4 is 0 Å². The first-order valence-electron chi connectivity index (χ1n) is 5.42. The minimum atomic E-state index is -0.197. The lowest BCUT2D eigenvalue weighted by Crippen LogP contribution is -2.50. The molecule has 86 valence electrons. The van der Waals surface area contributed by atoms with E-state index >= 15 is 0 Å². The molecule has 4 nitrogen and oxygen atoms in total. The van der Waals surface area contributed by atoms with Crippen LogP contribution in [0.15, 0.2) is 0 Å². The number of ether oxygens (including phenoxy) is 1. The van der Waals surface area contributed by atoms with Gasteiger partial charge in [0.1, 0.15) is 5.60 Å². The van der Waals surface area contributed by atoms with Gasteiger partial charge in [-0.1, -0.05) is 0 Å². The summed E-state index contributed by atoms with van der Waals surface area (Å²) < 4.78 is 5.53. The molecule has 5 heteroatoms. The fourth-order valence-corrected chi connectivity index (χ4v) is 3.44. The molecule has 0 radical (unpaired) electrons. The average Bonchev–Trinajstić information content (AvgIpc) is 2.66. The van der Waals surface area contributed by atoms with Crippen LogP contribution in [0.5, 0.6) is 0 Å². The molecule has 1 unspecified atom stereocenters. The van der Waals surface area contributed by atoms with E-state index in [-0.39, 0.29) is 18.3 Å². The van der Waals surface area contributed by atoms with Gasteiger partial charge in [0.05, 0.1) is 0 Å². The fraction of sp³-hybridized carbons (Fsp3) is 0.900. The quantitative estimate of drug-likeness (QED) is 0.790. The third-order valence-electron chi connectivity index (χ3n) is 3.05. The minimum Gasteiger partial charge on any atom is -0.442 e. The van der Waals surface area contributed by atoms with E-state index in [1.807, 2.05) is 11.8 Å². The summed E-state index contributed by atoms with van der Waals surface area (Å²) in [6.07, 6.45) is 2.38. The van der Waals surface area contributed by atoms with Crippen LogP contribution in [0.1, 0.15) is 19.3 Å². The van der Waals surface area contributed by atoms with E-state index in [2.05, 4.69) is 0 Å². The molecule has 2 aliphatic rings. The summed E-state index contributed by atoms with van der Waals surface area (Å²) in [7, 11) is 0. The van der Waals surface area contributed by atoms with E-state index in [1.54, 1.807) is 4.90 Å². The maximum Gasteiger partial charge on any atom is 0.410 e. The molecule has 0 aliphatic carbocycles. The van der Waals surface area contributed by atoms with Gasteiger partial charge in [0.15, 0.2) is 0 Å². The first-order valence-corrected chi connectivity index (χ1v) is 6.58. The van der Waals surface area contributed by atoms with Gasteiger partial charge >= 0.3 is 6.09 Å². The van der Waals surface area contributed by atoms with Gasteiger partial charge < -0.3 is 14.7 Å². The molecule has 0 aromatic rings. The molecule has 0 aromatic heterocycles. The Bertz CT molecular complexity index is 241. The number of carbonyl (C=O) groups excluding carboxylic acids is 1. The Morgan fingerprint density at radius 1 is 1.53 bits per heavy atom. The van der Waals surface area contributed by atoms with E-state index in [9.17, 15) is 4.79 Å². The average molecular weight is 231 g/mol. The standard InChI is InChI=1S/C10H17NO3S/c12-6-1-4-11-5-2-10(14-9(11)13)3-7-15-8-10/h12H,1-8H2. The third kappa shape index (κ3) is 2.39. The van der Waals surface area contributed by atoms with Gasteiger partial charge in [-0.25, -0.2) is 4.79 Å². The largest absolute Gasteiger partial charge is 0.442 e. The van der Waals surface area contributed by atoms with Crippen molar-refractivity contribution in [2.24, 2.45) is 0 Å². The van der Waals surface area contributed by atoms with Crippen LogP contribution in [0.3, 0.4) is 0 Å². The van der Waals surface area contributed by atoms with Crippen molar-refractivity contribution >= 4 is 17.9 Å². The summed E-state index contributed by atoms with van der Waals surface area (Å²) in [6, 6.07) is 0. The molecule has 2 fully saturated rings. The first-order chi connectivity index (χ1) is 7.26. The Morgan fingerprint density at radius 3 is 3.00 bits per heavy atom. The van der Waals surface area contributed by atoms with Gasteiger partial charge in [-0.15, -0.1) is 0 Å². The molecule has 2 saturated heterocycles. The second-order valence-electron chi connectivity index (χ2n) is 4.17. The number of amides is 1. The number of aliphatic hydroxyl groups is 1. The highest BCUT2D eigenvalue weighted by Gasteiger charge is 2.42. The van der Waals surface area contributed by atoms with Crippen LogP contribution in [0.2, 0.25) is 0 Å². The predicted octanol–water partition coefficient (Wildman–Crippen LogP) is 1.09. The molecule has 2 heterocycles. The maximum atomic E-state index is 11.7. The zero-order valence-corrected chi connectivity index (χ0v) is 9.59. The van der Waals surface area contributed by atoms with Crippen molar-refractivity contribution in [3.8, 4) is 0 Å². The summed E-state index contributed by atoms with van der Waals surface area (Å²) >= 11 is 1.86. The number of hydrogen-bond acceptors (Lipinski definition) is 4. The van der Waals surface area contributed by atoms with Crippen LogP contribution in [-0.4, -0.2) is 52.9 Å². The Morgan fingerprint density at radius 2 is 2.40 bits per heavy atom. The van der Waals surface area contributed by atoms with E-state index in [0.29, 0.717) is 13.0 Å². The van der Waals surface area contributed by atoms with Crippen LogP contribution in [0.25, 0.3) is 0 Å². The normalized spacial score (nSPS) is 31.0. The van der Waals surface area contributed by atoms with Crippen molar-refractivity contribution in [2.45, 2.75) is 24.9 Å². The van der Waals surface area contributed by atoms with Crippen molar-refractivity contribution in [1.82, 2.24) is 4.90 Å². The molecule has 0 bridgehead atoms. The number of carbonyl (C=O) groups is 1. The van der Waals surface area contributed by atoms with E-state index in [4.69, 9.17) is 9.84 Å². The lowest BCUT2D eigenvalue weighted by molar-refractivity contribution is -0.0326. The van der Waals surface area contributed by atoms with E-state index in [0.717, 1.165) is 30.9 Å². The molecular formula is C10H17NO3S. The van der Waals surface area contributed by atoms with Gasteiger partial charge in [-0.3, -0.25) is 0 Å². The monoisotopic (exact) mass is 231 g/mol. The van der Waals surface area contributed by atoms with Gasteiger partial charge in [-0.05, 0) is 18.6 Å². The summed E-state index contributed by atoms with van der Waals surface area (Å²) in [5.74, 6) is 2.05. The Hall–Kier alpha value is -0.420. The molecule has 2 aliphatic heterocycles. The second-order valence-corrected chi connectivity index (χ2v) is 5.27. The van der Waals surface area contributed by atoms with E-state index < -0.39 is 0 Å². The molecule has 1 atom stereocenters. The highest BCUT2D eigenvalue weighted by molar-refractivity contribution is 7.99. The van der Waals surface area contributed by atoms with Crippen LogP contribution in [0.4, 0.5) is 4.79 Å². The SMILES string of the molecule is O=C1OC2(CCSC2)CCN1CCCO. The van der Waals surface area contributed by atoms with Crippen LogP contribution in [0, 0.1) is 0 Å². The van der Waals surface area contributed by atoms with Crippen molar-refractivity contribution in [3.05, 3.63) is 0 Å². The zero-order valence-electron chi connectivity index (χ0n) is 8.78. The second kappa shape index (κ2) is 4.61. The van der Waals surface area contributed by atoms with Crippen molar-refractivity contribution in [1.29, 1.82) is 0 Å². The van der Waals surface area contributed by atoms with Gasteiger partial charge in [0.25, 0.3) is 0 Å². The van der Waals surface area contributed by atoms with Crippen LogP contribution in [-0.2, 0) is 4.74 Å². The molecular weight excluding hydrogens is 214 g/mol. The van der Waals surface area contributed by atoms with Crippen molar-refractivity contribution in [3.63, 3.8) is 0 Å². The lowest BCUT2D eigenvalue weighted by Gasteiger charge is -2.38. The molecule has 1 N–H and O–H groups in total. The highest BCUT2D eigenvalue weighted by Crippen LogP contribution is 2.37. The summed E-state index contributed by atoms with van der Waals surface area (Å²) in [6.45, 7) is 1.52. The fourth-order valence-electron chi connectivity index (χ4n) is 2.06. The molecule has 0 saturated carbocycles. The topological polar surface area (TPSA) is 49.8 Å². The Kier molecular flexibility index (Phi) is 3.41. The first kappa shape index (κ1) is 11.1. The molecule has 0 aromatic carbocycles. The van der Waals surface area contributed by atoms with Gasteiger partial charge in [0, 0.05) is 31.9 Å². The molecule has 1 amide bonds. The summed E-state index contributed by atoms with van der Waals surface area (Å²) in [4.78, 5) is 13.4. The Labute approximate surface area is 94.0 Å². The summed E-state index contributed by atoms with van der Waals surface area (Å²) in [5.41, 5.74) is -0.169. The minimum absolute atomic E-state index is 0.130. The molecule has 1 spiro atoms. The number of aliphatic hydroxyl groups excluding tert-OH is 1. The van der Waals surface area contributed by atoms with Crippen molar-refractivity contribution in [2.75, 3.05) is 31.2 Å². The molecule has 15 heavy (non-hydrogen) atoms. The number of thioether (sulfide) groups is 1.